The van der Waals surface area contributed by atoms with Gasteiger partial charge in [-0.05, 0) is 24.8 Å². The summed E-state index contributed by atoms with van der Waals surface area (Å²) >= 11 is 0. The Morgan fingerprint density at radius 3 is 2.42 bits per heavy atom. The van der Waals surface area contributed by atoms with Crippen LogP contribution in [0.3, 0.4) is 0 Å². The van der Waals surface area contributed by atoms with Gasteiger partial charge in [-0.1, -0.05) is 37.3 Å². The van der Waals surface area contributed by atoms with Crippen LogP contribution in [-0.2, 0) is 6.42 Å². The van der Waals surface area contributed by atoms with E-state index >= 15 is 0 Å². The fourth-order valence-electron chi connectivity index (χ4n) is 1.12. The first-order valence-corrected chi connectivity index (χ1v) is 4.29. The fraction of sp³-hybridized carbons (Fsp3) is 0.364. The summed E-state index contributed by atoms with van der Waals surface area (Å²) in [5.74, 6) is 0.368. The van der Waals surface area contributed by atoms with E-state index in [1.807, 2.05) is 25.1 Å². The van der Waals surface area contributed by atoms with Crippen LogP contribution in [0.5, 0.6) is 0 Å². The van der Waals surface area contributed by atoms with E-state index in [1.54, 1.807) is 0 Å². The van der Waals surface area contributed by atoms with Gasteiger partial charge in [0, 0.05) is 5.71 Å². The summed E-state index contributed by atoms with van der Waals surface area (Å²) in [6.45, 7) is 3.96. The molecule has 0 aliphatic heterocycles. The van der Waals surface area contributed by atoms with Crippen molar-refractivity contribution in [3.05, 3.63) is 35.9 Å². The van der Waals surface area contributed by atoms with E-state index in [0.29, 0.717) is 5.92 Å². The highest BCUT2D eigenvalue weighted by Gasteiger charge is 2.04. The molecule has 0 aliphatic carbocycles. The Balaban J connectivity index is 2.58. The minimum absolute atomic E-state index is 0.368. The second-order valence-electron chi connectivity index (χ2n) is 3.27. The van der Waals surface area contributed by atoms with Gasteiger partial charge in [-0.15, -0.1) is 0 Å². The van der Waals surface area contributed by atoms with Crippen LogP contribution in [0, 0.1) is 11.3 Å². The highest BCUT2D eigenvalue weighted by Crippen LogP contribution is 2.08. The van der Waals surface area contributed by atoms with Crippen molar-refractivity contribution in [1.29, 1.82) is 5.41 Å². The largest absolute Gasteiger partial charge is 0.310 e. The molecule has 0 bridgehead atoms. The molecule has 0 fully saturated rings. The SMILES string of the molecule is CC(=N)C(C)Cc1ccccc1. The van der Waals surface area contributed by atoms with Crippen molar-refractivity contribution >= 4 is 5.71 Å². The van der Waals surface area contributed by atoms with Crippen molar-refractivity contribution in [3.63, 3.8) is 0 Å². The van der Waals surface area contributed by atoms with Gasteiger partial charge >= 0.3 is 0 Å². The lowest BCUT2D eigenvalue weighted by Crippen LogP contribution is -2.08. The van der Waals surface area contributed by atoms with Gasteiger partial charge in [0.05, 0.1) is 0 Å². The first-order valence-electron chi connectivity index (χ1n) is 4.29. The monoisotopic (exact) mass is 161 g/mol. The normalized spacial score (nSPS) is 12.5. The molecule has 1 N–H and O–H groups in total. The molecule has 1 atom stereocenters. The molecule has 0 amide bonds. The number of hydrogen-bond donors (Lipinski definition) is 1. The molecule has 0 aliphatic rings. The summed E-state index contributed by atoms with van der Waals surface area (Å²) in [5.41, 5.74) is 2.08. The third-order valence-electron chi connectivity index (χ3n) is 2.12. The first-order chi connectivity index (χ1) is 5.70. The van der Waals surface area contributed by atoms with Gasteiger partial charge in [-0.25, -0.2) is 0 Å². The summed E-state index contributed by atoms with van der Waals surface area (Å²) in [4.78, 5) is 0. The summed E-state index contributed by atoms with van der Waals surface area (Å²) in [6.07, 6.45) is 0.982. The summed E-state index contributed by atoms with van der Waals surface area (Å²) in [6, 6.07) is 10.3. The predicted octanol–water partition coefficient (Wildman–Crippen LogP) is 2.90. The molecule has 64 valence electrons. The average Bonchev–Trinajstić information content (AvgIpc) is 2.06. The molecule has 0 heterocycles. The van der Waals surface area contributed by atoms with Gasteiger partial charge in [0.1, 0.15) is 0 Å². The number of rotatable bonds is 3. The topological polar surface area (TPSA) is 23.9 Å². The van der Waals surface area contributed by atoms with Gasteiger partial charge < -0.3 is 5.41 Å². The number of nitrogens with one attached hydrogen (secondary N) is 1. The van der Waals surface area contributed by atoms with Crippen molar-refractivity contribution in [1.82, 2.24) is 0 Å². The Morgan fingerprint density at radius 1 is 1.33 bits per heavy atom. The molecule has 12 heavy (non-hydrogen) atoms. The van der Waals surface area contributed by atoms with E-state index in [0.717, 1.165) is 12.1 Å². The Kier molecular flexibility index (Phi) is 3.03. The molecule has 1 aromatic carbocycles. The maximum atomic E-state index is 7.45. The minimum Gasteiger partial charge on any atom is -0.310 e. The molecule has 1 aromatic rings. The summed E-state index contributed by atoms with van der Waals surface area (Å²) in [7, 11) is 0. The second-order valence-corrected chi connectivity index (χ2v) is 3.27. The lowest BCUT2D eigenvalue weighted by Gasteiger charge is -2.08. The van der Waals surface area contributed by atoms with E-state index in [1.165, 1.54) is 5.56 Å². The average molecular weight is 161 g/mol. The Hall–Kier alpha value is -1.11. The number of benzene rings is 1. The smallest absolute Gasteiger partial charge is 0.00896 e. The van der Waals surface area contributed by atoms with E-state index in [-0.39, 0.29) is 0 Å². The number of hydrogen-bond acceptors (Lipinski definition) is 1. The van der Waals surface area contributed by atoms with Crippen LogP contribution in [0.4, 0.5) is 0 Å². The van der Waals surface area contributed by atoms with Crippen LogP contribution >= 0.6 is 0 Å². The van der Waals surface area contributed by atoms with Crippen LogP contribution < -0.4 is 0 Å². The Labute approximate surface area is 73.9 Å². The van der Waals surface area contributed by atoms with E-state index in [2.05, 4.69) is 19.1 Å². The van der Waals surface area contributed by atoms with Crippen LogP contribution in [0.1, 0.15) is 19.4 Å². The zero-order chi connectivity index (χ0) is 8.97. The molecular formula is C11H15N. The standard InChI is InChI=1S/C11H15N/c1-9(10(2)12)8-11-6-4-3-5-7-11/h3-7,9,12H,8H2,1-2H3. The molecule has 1 rings (SSSR count). The van der Waals surface area contributed by atoms with Gasteiger partial charge in [0.2, 0.25) is 0 Å². The van der Waals surface area contributed by atoms with Gasteiger partial charge in [-0.3, -0.25) is 0 Å². The molecule has 0 spiro atoms. The molecule has 1 heteroatoms. The molecule has 1 unspecified atom stereocenters. The Bertz CT molecular complexity index is 251. The zero-order valence-corrected chi connectivity index (χ0v) is 7.67. The molecule has 1 nitrogen and oxygen atoms in total. The molecule has 0 saturated heterocycles. The van der Waals surface area contributed by atoms with Gasteiger partial charge in [0.15, 0.2) is 0 Å². The third kappa shape index (κ3) is 2.50. The zero-order valence-electron chi connectivity index (χ0n) is 7.67. The highest BCUT2D eigenvalue weighted by atomic mass is 14.4. The Morgan fingerprint density at radius 2 is 1.92 bits per heavy atom. The van der Waals surface area contributed by atoms with Crippen molar-refractivity contribution in [3.8, 4) is 0 Å². The molecule has 0 aromatic heterocycles. The van der Waals surface area contributed by atoms with Crippen molar-refractivity contribution in [2.45, 2.75) is 20.3 Å². The minimum atomic E-state index is 0.368. The lowest BCUT2D eigenvalue weighted by atomic mass is 9.98. The first kappa shape index (κ1) is 8.98. The third-order valence-corrected chi connectivity index (χ3v) is 2.12. The highest BCUT2D eigenvalue weighted by molar-refractivity contribution is 5.81. The van der Waals surface area contributed by atoms with Crippen LogP contribution in [-0.4, -0.2) is 5.71 Å². The van der Waals surface area contributed by atoms with Crippen LogP contribution in [0.25, 0.3) is 0 Å². The molecular weight excluding hydrogens is 146 g/mol. The fourth-order valence-corrected chi connectivity index (χ4v) is 1.12. The summed E-state index contributed by atoms with van der Waals surface area (Å²) < 4.78 is 0. The molecule has 0 saturated carbocycles. The maximum absolute atomic E-state index is 7.45. The van der Waals surface area contributed by atoms with E-state index in [9.17, 15) is 0 Å². The van der Waals surface area contributed by atoms with E-state index < -0.39 is 0 Å². The van der Waals surface area contributed by atoms with Crippen LogP contribution in [0.2, 0.25) is 0 Å². The van der Waals surface area contributed by atoms with E-state index in [4.69, 9.17) is 5.41 Å². The van der Waals surface area contributed by atoms with Crippen molar-refractivity contribution < 1.29 is 0 Å². The van der Waals surface area contributed by atoms with Gasteiger partial charge in [0.25, 0.3) is 0 Å². The van der Waals surface area contributed by atoms with Crippen molar-refractivity contribution in [2.75, 3.05) is 0 Å². The van der Waals surface area contributed by atoms with Gasteiger partial charge in [-0.2, -0.15) is 0 Å². The lowest BCUT2D eigenvalue weighted by molar-refractivity contribution is 0.758. The van der Waals surface area contributed by atoms with Crippen LogP contribution in [0.15, 0.2) is 30.3 Å². The summed E-state index contributed by atoms with van der Waals surface area (Å²) in [5, 5.41) is 7.45. The maximum Gasteiger partial charge on any atom is 0.00896 e. The second kappa shape index (κ2) is 4.05. The predicted molar refractivity (Wildman–Crippen MR) is 52.7 cm³/mol. The quantitative estimate of drug-likeness (QED) is 0.659. The molecule has 0 radical (unpaired) electrons. The van der Waals surface area contributed by atoms with Crippen molar-refractivity contribution in [2.24, 2.45) is 5.92 Å².